The third-order valence-corrected chi connectivity index (χ3v) is 6.65. The average Bonchev–Trinajstić information content (AvgIpc) is 3.53. The van der Waals surface area contributed by atoms with Gasteiger partial charge in [-0.1, -0.05) is 23.4 Å². The first-order chi connectivity index (χ1) is 15.4. The number of aryl methyl sites for hydroxylation is 1. The predicted octanol–water partition coefficient (Wildman–Crippen LogP) is 3.39. The van der Waals surface area contributed by atoms with Crippen LogP contribution in [0.2, 0.25) is 0 Å². The lowest BCUT2D eigenvalue weighted by Gasteiger charge is -2.37. The molecular weight excluding hydrogens is 431 g/mol. The van der Waals surface area contributed by atoms with Crippen LogP contribution in [0, 0.1) is 11.7 Å². The van der Waals surface area contributed by atoms with Crippen molar-refractivity contribution < 1.29 is 19.1 Å². The summed E-state index contributed by atoms with van der Waals surface area (Å²) in [5.74, 6) is -1.10. The molecule has 2 heterocycles. The maximum Gasteiger partial charge on any atom is 0.303 e. The van der Waals surface area contributed by atoms with Crippen molar-refractivity contribution in [2.45, 2.75) is 49.9 Å². The van der Waals surface area contributed by atoms with Crippen molar-refractivity contribution in [3.63, 3.8) is 0 Å². The Balaban J connectivity index is 1.57. The Hall–Kier alpha value is -2.52. The summed E-state index contributed by atoms with van der Waals surface area (Å²) in [5.41, 5.74) is 2.20. The number of likely N-dealkylation sites (tertiary alicyclic amines) is 1. The molecule has 1 saturated carbocycles. The number of aromatic nitrogens is 3. The first kappa shape index (κ1) is 22.7. The number of Topliss-reactive ketones (excluding diaryl/α,β-unsaturated/α-hetero) is 1. The second kappa shape index (κ2) is 9.95. The molecule has 2 aliphatic rings. The van der Waals surface area contributed by atoms with E-state index in [1.54, 1.807) is 29.1 Å². The van der Waals surface area contributed by atoms with E-state index in [2.05, 4.69) is 15.2 Å². The molecule has 4 rings (SSSR count). The zero-order valence-electron chi connectivity index (χ0n) is 17.7. The molecule has 1 saturated heterocycles. The molecule has 2 unspecified atom stereocenters. The van der Waals surface area contributed by atoms with Gasteiger partial charge < -0.3 is 5.11 Å². The largest absolute Gasteiger partial charge is 0.481 e. The zero-order valence-corrected chi connectivity index (χ0v) is 18.6. The third-order valence-electron chi connectivity index (χ3n) is 6.06. The van der Waals surface area contributed by atoms with Crippen LogP contribution in [-0.2, 0) is 16.1 Å². The Morgan fingerprint density at radius 3 is 2.78 bits per heavy atom. The van der Waals surface area contributed by atoms with Gasteiger partial charge in [0.2, 0.25) is 0 Å². The fourth-order valence-electron chi connectivity index (χ4n) is 4.19. The molecule has 0 amide bonds. The van der Waals surface area contributed by atoms with Crippen molar-refractivity contribution in [3.05, 3.63) is 53.1 Å². The van der Waals surface area contributed by atoms with Crippen molar-refractivity contribution in [1.82, 2.24) is 19.9 Å². The van der Waals surface area contributed by atoms with E-state index in [-0.39, 0.29) is 29.2 Å². The summed E-state index contributed by atoms with van der Waals surface area (Å²) in [4.78, 5) is 26.0. The number of halogens is 1. The summed E-state index contributed by atoms with van der Waals surface area (Å²) in [6.07, 6.45) is 6.59. The molecule has 32 heavy (non-hydrogen) atoms. The first-order valence-corrected chi connectivity index (χ1v) is 11.5. The summed E-state index contributed by atoms with van der Waals surface area (Å²) in [6, 6.07) is 5.92. The Kier molecular flexibility index (Phi) is 7.05. The number of rotatable bonds is 9. The average molecular weight is 459 g/mol. The lowest BCUT2D eigenvalue weighted by atomic mass is 9.93. The molecule has 1 aromatic heterocycles. The molecule has 2 atom stereocenters. The summed E-state index contributed by atoms with van der Waals surface area (Å²) in [6.45, 7) is 1.59. The van der Waals surface area contributed by atoms with Gasteiger partial charge in [0.1, 0.15) is 5.82 Å². The van der Waals surface area contributed by atoms with Crippen LogP contribution < -0.4 is 0 Å². The fourth-order valence-corrected chi connectivity index (χ4v) is 4.47. The van der Waals surface area contributed by atoms with Crippen LogP contribution in [0.4, 0.5) is 4.39 Å². The normalized spacial score (nSPS) is 21.6. The summed E-state index contributed by atoms with van der Waals surface area (Å²) < 4.78 is 16.4. The van der Waals surface area contributed by atoms with E-state index in [9.17, 15) is 14.0 Å². The maximum absolute atomic E-state index is 14.7. The van der Waals surface area contributed by atoms with Crippen LogP contribution in [0.1, 0.15) is 49.4 Å². The SMILES string of the molecule is O=C(O)CCCn1nncc1/C=C1\CN(C(C(=O)C2CC2)c2ccccc2F)CCC1S. The van der Waals surface area contributed by atoms with Crippen LogP contribution >= 0.6 is 12.6 Å². The monoisotopic (exact) mass is 458 g/mol. The molecule has 7 nitrogen and oxygen atoms in total. The molecule has 1 aliphatic carbocycles. The molecule has 9 heteroatoms. The number of thiol groups is 1. The molecule has 1 N–H and O–H groups in total. The molecule has 2 aromatic rings. The standard InChI is InChI=1S/C23H27FN4O3S/c24-19-5-2-1-4-18(19)22(23(31)15-7-8-15)27-11-9-20(32)16(14-27)12-17-13-25-26-28(17)10-3-6-21(29)30/h1-2,4-5,12-13,15,20,22,32H,3,6-11,14H2,(H,29,30)/b16-12+. The molecule has 2 fully saturated rings. The van der Waals surface area contributed by atoms with Crippen molar-refractivity contribution in [2.75, 3.05) is 13.1 Å². The molecule has 170 valence electrons. The number of carboxylic acids is 1. The van der Waals surface area contributed by atoms with Crippen LogP contribution in [-0.4, -0.2) is 55.1 Å². The molecule has 0 radical (unpaired) electrons. The van der Waals surface area contributed by atoms with E-state index < -0.39 is 12.0 Å². The lowest BCUT2D eigenvalue weighted by molar-refractivity contribution is -0.137. The Morgan fingerprint density at radius 2 is 2.06 bits per heavy atom. The van der Waals surface area contributed by atoms with E-state index in [1.807, 2.05) is 6.08 Å². The van der Waals surface area contributed by atoms with Gasteiger partial charge in [-0.3, -0.25) is 14.5 Å². The fraction of sp³-hybridized carbons (Fsp3) is 0.478. The molecule has 1 aliphatic heterocycles. The van der Waals surface area contributed by atoms with Crippen LogP contribution in [0.15, 0.2) is 36.0 Å². The number of carbonyl (C=O) groups is 2. The van der Waals surface area contributed by atoms with Gasteiger partial charge in [0.25, 0.3) is 0 Å². The lowest BCUT2D eigenvalue weighted by Crippen LogP contribution is -2.42. The van der Waals surface area contributed by atoms with Crippen molar-refractivity contribution in [3.8, 4) is 0 Å². The predicted molar refractivity (Wildman–Crippen MR) is 121 cm³/mol. The Labute approximate surface area is 191 Å². The maximum atomic E-state index is 14.7. The minimum atomic E-state index is -0.845. The minimum absolute atomic E-state index is 0.00548. The number of hydrogen-bond donors (Lipinski definition) is 2. The number of ketones is 1. The minimum Gasteiger partial charge on any atom is -0.481 e. The highest BCUT2D eigenvalue weighted by Crippen LogP contribution is 2.39. The summed E-state index contributed by atoms with van der Waals surface area (Å²) in [5, 5.41) is 16.9. The Morgan fingerprint density at radius 1 is 1.28 bits per heavy atom. The Bertz CT molecular complexity index is 1020. The van der Waals surface area contributed by atoms with Gasteiger partial charge in [0.15, 0.2) is 5.78 Å². The quantitative estimate of drug-likeness (QED) is 0.560. The van der Waals surface area contributed by atoms with Gasteiger partial charge in [-0.25, -0.2) is 9.07 Å². The van der Waals surface area contributed by atoms with Gasteiger partial charge >= 0.3 is 5.97 Å². The van der Waals surface area contributed by atoms with E-state index in [4.69, 9.17) is 17.7 Å². The van der Waals surface area contributed by atoms with E-state index >= 15 is 0 Å². The second-order valence-electron chi connectivity index (χ2n) is 8.47. The third kappa shape index (κ3) is 5.27. The van der Waals surface area contributed by atoms with Gasteiger partial charge in [-0.15, -0.1) is 5.10 Å². The second-order valence-corrected chi connectivity index (χ2v) is 9.10. The first-order valence-electron chi connectivity index (χ1n) is 10.9. The highest BCUT2D eigenvalue weighted by Gasteiger charge is 2.40. The van der Waals surface area contributed by atoms with Crippen LogP contribution in [0.25, 0.3) is 6.08 Å². The van der Waals surface area contributed by atoms with Crippen molar-refractivity contribution in [1.29, 1.82) is 0 Å². The van der Waals surface area contributed by atoms with Gasteiger partial charge in [-0.2, -0.15) is 12.6 Å². The highest BCUT2D eigenvalue weighted by molar-refractivity contribution is 7.81. The highest BCUT2D eigenvalue weighted by atomic mass is 32.1. The van der Waals surface area contributed by atoms with E-state index in [1.165, 1.54) is 6.07 Å². The van der Waals surface area contributed by atoms with E-state index in [0.29, 0.717) is 31.6 Å². The topological polar surface area (TPSA) is 88.3 Å². The van der Waals surface area contributed by atoms with Gasteiger partial charge in [0, 0.05) is 42.8 Å². The summed E-state index contributed by atoms with van der Waals surface area (Å²) in [7, 11) is 0. The molecule has 1 aromatic carbocycles. The van der Waals surface area contributed by atoms with E-state index in [0.717, 1.165) is 30.5 Å². The van der Waals surface area contributed by atoms with Gasteiger partial charge in [-0.05, 0) is 43.4 Å². The number of nitrogens with zero attached hydrogens (tertiary/aromatic N) is 4. The van der Waals surface area contributed by atoms with Crippen LogP contribution in [0.5, 0.6) is 0 Å². The number of carbonyl (C=O) groups excluding carboxylic acids is 1. The van der Waals surface area contributed by atoms with Crippen molar-refractivity contribution >= 4 is 30.5 Å². The zero-order chi connectivity index (χ0) is 22.7. The van der Waals surface area contributed by atoms with Crippen LogP contribution in [0.3, 0.4) is 0 Å². The number of benzene rings is 1. The number of carboxylic acid groups (broad SMARTS) is 1. The number of hydrogen-bond acceptors (Lipinski definition) is 6. The number of aliphatic carboxylic acids is 1. The van der Waals surface area contributed by atoms with Crippen molar-refractivity contribution in [2.24, 2.45) is 5.92 Å². The number of piperidine rings is 1. The van der Waals surface area contributed by atoms with Gasteiger partial charge in [0.05, 0.1) is 17.9 Å². The smallest absolute Gasteiger partial charge is 0.303 e. The molecule has 0 bridgehead atoms. The molecule has 0 spiro atoms. The summed E-state index contributed by atoms with van der Waals surface area (Å²) >= 11 is 4.74. The molecular formula is C23H27FN4O3S.